The number of alkyl halides is 1. The van der Waals surface area contributed by atoms with Crippen LogP contribution in [-0.2, 0) is 13.1 Å². The van der Waals surface area contributed by atoms with E-state index >= 15 is 0 Å². The minimum absolute atomic E-state index is 0.688. The third-order valence-electron chi connectivity index (χ3n) is 3.83. The Kier molecular flexibility index (Phi) is 5.25. The van der Waals surface area contributed by atoms with Crippen LogP contribution in [0.4, 0.5) is 0 Å². The quantitative estimate of drug-likeness (QED) is 0.795. The Hall–Kier alpha value is -0.350. The molecule has 1 atom stereocenters. The molecule has 0 amide bonds. The number of aryl methyl sites for hydroxylation is 2. The lowest BCUT2D eigenvalue weighted by atomic mass is 10.1. The van der Waals surface area contributed by atoms with E-state index in [1.54, 1.807) is 0 Å². The van der Waals surface area contributed by atoms with Crippen molar-refractivity contribution in [3.8, 4) is 0 Å². The second-order valence-corrected chi connectivity index (χ2v) is 5.87. The maximum atomic E-state index is 4.55. The molecule has 2 rings (SSSR count). The summed E-state index contributed by atoms with van der Waals surface area (Å²) in [6, 6.07) is 2.92. The molecule has 0 spiro atoms. The second-order valence-electron chi connectivity index (χ2n) is 5.22. The highest BCUT2D eigenvalue weighted by atomic mass is 79.9. The minimum atomic E-state index is 0.688. The van der Waals surface area contributed by atoms with Crippen LogP contribution >= 0.6 is 15.9 Å². The zero-order chi connectivity index (χ0) is 13.0. The summed E-state index contributed by atoms with van der Waals surface area (Å²) >= 11 is 3.68. The molecule has 0 aliphatic carbocycles. The van der Waals surface area contributed by atoms with Gasteiger partial charge in [0.15, 0.2) is 0 Å². The molecule has 1 aromatic heterocycles. The normalized spacial score (nSPS) is 22.1. The lowest BCUT2D eigenvalue weighted by Gasteiger charge is -2.28. The largest absolute Gasteiger partial charge is 0.294 e. The lowest BCUT2D eigenvalue weighted by Crippen LogP contribution is -2.36. The molecule has 1 aliphatic heterocycles. The third kappa shape index (κ3) is 3.35. The van der Waals surface area contributed by atoms with Gasteiger partial charge in [0.25, 0.3) is 0 Å². The Morgan fingerprint density at radius 2 is 2.22 bits per heavy atom. The molecular formula is C14H24BrN3. The van der Waals surface area contributed by atoms with Gasteiger partial charge in [-0.1, -0.05) is 28.8 Å². The van der Waals surface area contributed by atoms with Crippen LogP contribution in [0.1, 0.15) is 44.0 Å². The topological polar surface area (TPSA) is 21.1 Å². The zero-order valence-corrected chi connectivity index (χ0v) is 13.1. The van der Waals surface area contributed by atoms with E-state index < -0.39 is 0 Å². The van der Waals surface area contributed by atoms with Crippen LogP contribution in [0, 0.1) is 6.92 Å². The van der Waals surface area contributed by atoms with Gasteiger partial charge in [-0.25, -0.2) is 0 Å². The molecule has 2 heterocycles. The molecule has 0 N–H and O–H groups in total. The van der Waals surface area contributed by atoms with E-state index in [1.807, 2.05) is 0 Å². The SMILES string of the molecule is CCn1nc(C)cc1CN1CCCCCC1CBr. The fraction of sp³-hybridized carbons (Fsp3) is 0.786. The Morgan fingerprint density at radius 1 is 1.39 bits per heavy atom. The van der Waals surface area contributed by atoms with Crippen molar-refractivity contribution < 1.29 is 0 Å². The van der Waals surface area contributed by atoms with E-state index in [4.69, 9.17) is 0 Å². The number of rotatable bonds is 4. The van der Waals surface area contributed by atoms with Crippen LogP contribution in [0.15, 0.2) is 6.07 Å². The number of aromatic nitrogens is 2. The average Bonchev–Trinajstić information content (AvgIpc) is 2.59. The predicted octanol–water partition coefficient (Wildman–Crippen LogP) is 3.35. The standard InChI is InChI=1S/C14H24BrN3/c1-3-18-14(9-12(2)16-18)11-17-8-6-4-5-7-13(17)10-15/h9,13H,3-8,10-11H2,1-2H3. The van der Waals surface area contributed by atoms with Crippen molar-refractivity contribution in [1.82, 2.24) is 14.7 Å². The maximum absolute atomic E-state index is 4.55. The van der Waals surface area contributed by atoms with E-state index in [1.165, 1.54) is 37.9 Å². The van der Waals surface area contributed by atoms with Crippen molar-refractivity contribution in [3.05, 3.63) is 17.5 Å². The number of likely N-dealkylation sites (tertiary alicyclic amines) is 1. The molecule has 18 heavy (non-hydrogen) atoms. The molecule has 3 nitrogen and oxygen atoms in total. The van der Waals surface area contributed by atoms with Gasteiger partial charge in [-0.05, 0) is 39.3 Å². The number of hydrogen-bond donors (Lipinski definition) is 0. The summed E-state index contributed by atoms with van der Waals surface area (Å²) in [4.78, 5) is 2.63. The van der Waals surface area contributed by atoms with E-state index in [2.05, 4.69) is 50.5 Å². The first-order valence-electron chi connectivity index (χ1n) is 7.08. The van der Waals surface area contributed by atoms with Gasteiger partial charge in [-0.2, -0.15) is 5.10 Å². The van der Waals surface area contributed by atoms with Crippen LogP contribution in [-0.4, -0.2) is 32.6 Å². The number of hydrogen-bond acceptors (Lipinski definition) is 2. The summed E-state index contributed by atoms with van der Waals surface area (Å²) < 4.78 is 2.14. The smallest absolute Gasteiger partial charge is 0.0597 e. The Morgan fingerprint density at radius 3 is 2.94 bits per heavy atom. The summed E-state index contributed by atoms with van der Waals surface area (Å²) in [5.74, 6) is 0. The van der Waals surface area contributed by atoms with E-state index in [0.717, 1.165) is 24.1 Å². The van der Waals surface area contributed by atoms with Crippen molar-refractivity contribution in [1.29, 1.82) is 0 Å². The van der Waals surface area contributed by atoms with Gasteiger partial charge >= 0.3 is 0 Å². The predicted molar refractivity (Wildman–Crippen MR) is 79.1 cm³/mol. The third-order valence-corrected chi connectivity index (χ3v) is 4.57. The van der Waals surface area contributed by atoms with Crippen molar-refractivity contribution in [2.45, 2.75) is 58.7 Å². The van der Waals surface area contributed by atoms with E-state index in [-0.39, 0.29) is 0 Å². The summed E-state index contributed by atoms with van der Waals surface area (Å²) in [6.07, 6.45) is 5.41. The highest BCUT2D eigenvalue weighted by molar-refractivity contribution is 9.09. The highest BCUT2D eigenvalue weighted by Crippen LogP contribution is 2.21. The second kappa shape index (κ2) is 6.71. The Balaban J connectivity index is 2.09. The summed E-state index contributed by atoms with van der Waals surface area (Å²) in [5.41, 5.74) is 2.50. The lowest BCUT2D eigenvalue weighted by molar-refractivity contribution is 0.203. The molecule has 1 unspecified atom stereocenters. The fourth-order valence-corrected chi connectivity index (χ4v) is 3.56. The maximum Gasteiger partial charge on any atom is 0.0597 e. The molecule has 1 aromatic rings. The molecule has 4 heteroatoms. The summed E-state index contributed by atoms with van der Waals surface area (Å²) in [6.45, 7) is 7.49. The van der Waals surface area contributed by atoms with Gasteiger partial charge in [0.2, 0.25) is 0 Å². The van der Waals surface area contributed by atoms with Crippen LogP contribution in [0.2, 0.25) is 0 Å². The van der Waals surface area contributed by atoms with Crippen LogP contribution in [0.3, 0.4) is 0 Å². The van der Waals surface area contributed by atoms with E-state index in [0.29, 0.717) is 6.04 Å². The first kappa shape index (κ1) is 14.1. The van der Waals surface area contributed by atoms with Crippen LogP contribution in [0.25, 0.3) is 0 Å². The van der Waals surface area contributed by atoms with Gasteiger partial charge in [0, 0.05) is 24.5 Å². The fourth-order valence-electron chi connectivity index (χ4n) is 2.83. The van der Waals surface area contributed by atoms with Gasteiger partial charge in [0.1, 0.15) is 0 Å². The molecule has 0 saturated carbocycles. The molecule has 0 aromatic carbocycles. The first-order valence-corrected chi connectivity index (χ1v) is 8.20. The van der Waals surface area contributed by atoms with Gasteiger partial charge in [-0.15, -0.1) is 0 Å². The molecule has 0 radical (unpaired) electrons. The Labute approximate surface area is 119 Å². The molecule has 102 valence electrons. The van der Waals surface area contributed by atoms with Crippen molar-refractivity contribution >= 4 is 15.9 Å². The number of halogens is 1. The number of nitrogens with zero attached hydrogens (tertiary/aromatic N) is 3. The van der Waals surface area contributed by atoms with Crippen LogP contribution in [0.5, 0.6) is 0 Å². The average molecular weight is 314 g/mol. The molecule has 1 fully saturated rings. The van der Waals surface area contributed by atoms with Crippen molar-refractivity contribution in [2.75, 3.05) is 11.9 Å². The Bertz CT molecular complexity index is 375. The van der Waals surface area contributed by atoms with E-state index in [9.17, 15) is 0 Å². The molecule has 1 aliphatic rings. The van der Waals surface area contributed by atoms with Gasteiger partial charge in [-0.3, -0.25) is 9.58 Å². The van der Waals surface area contributed by atoms with Gasteiger partial charge in [0.05, 0.1) is 11.4 Å². The monoisotopic (exact) mass is 313 g/mol. The molecule has 1 saturated heterocycles. The van der Waals surface area contributed by atoms with Crippen LogP contribution < -0.4 is 0 Å². The summed E-state index contributed by atoms with van der Waals surface area (Å²) in [5, 5.41) is 5.64. The molecule has 0 bridgehead atoms. The highest BCUT2D eigenvalue weighted by Gasteiger charge is 2.21. The first-order chi connectivity index (χ1) is 8.74. The van der Waals surface area contributed by atoms with Crippen molar-refractivity contribution in [3.63, 3.8) is 0 Å². The zero-order valence-electron chi connectivity index (χ0n) is 11.5. The summed E-state index contributed by atoms with van der Waals surface area (Å²) in [7, 11) is 0. The van der Waals surface area contributed by atoms with Gasteiger partial charge < -0.3 is 0 Å². The molecular weight excluding hydrogens is 290 g/mol. The van der Waals surface area contributed by atoms with Crippen molar-refractivity contribution in [2.24, 2.45) is 0 Å². The minimum Gasteiger partial charge on any atom is -0.294 e.